The summed E-state index contributed by atoms with van der Waals surface area (Å²) in [7, 11) is 0. The van der Waals surface area contributed by atoms with Gasteiger partial charge < -0.3 is 10.6 Å². The molecule has 23 heavy (non-hydrogen) atoms. The minimum atomic E-state index is 0.555. The minimum absolute atomic E-state index is 0.555. The summed E-state index contributed by atoms with van der Waals surface area (Å²) in [6.45, 7) is 4.53. The molecule has 2 aliphatic heterocycles. The van der Waals surface area contributed by atoms with Gasteiger partial charge in [0, 0.05) is 35.3 Å². The average Bonchev–Trinajstić information content (AvgIpc) is 3.02. The van der Waals surface area contributed by atoms with Crippen LogP contribution in [0.3, 0.4) is 0 Å². The highest BCUT2D eigenvalue weighted by atomic mass is 32.2. The van der Waals surface area contributed by atoms with Gasteiger partial charge in [-0.3, -0.25) is 4.98 Å². The molecular formula is C19H23N3S. The number of fused-ring (bicyclic) bond motifs is 1. The molecule has 0 bridgehead atoms. The zero-order valence-corrected chi connectivity index (χ0v) is 14.3. The second kappa shape index (κ2) is 6.54. The first kappa shape index (κ1) is 15.0. The van der Waals surface area contributed by atoms with Gasteiger partial charge in [0.05, 0.1) is 0 Å². The van der Waals surface area contributed by atoms with E-state index in [2.05, 4.69) is 46.1 Å². The number of benzene rings is 1. The van der Waals surface area contributed by atoms with Gasteiger partial charge in [-0.2, -0.15) is 0 Å². The first-order valence-electron chi connectivity index (χ1n) is 8.48. The number of hydrogen-bond acceptors (Lipinski definition) is 4. The smallest absolute Gasteiger partial charge is 0.0443 e. The minimum Gasteiger partial charge on any atom is -0.382 e. The Morgan fingerprint density at radius 1 is 1.26 bits per heavy atom. The molecule has 1 fully saturated rings. The van der Waals surface area contributed by atoms with Crippen LogP contribution in [0, 0.1) is 5.92 Å². The van der Waals surface area contributed by atoms with Crippen LogP contribution in [0.2, 0.25) is 0 Å². The topological polar surface area (TPSA) is 37.0 Å². The van der Waals surface area contributed by atoms with E-state index < -0.39 is 0 Å². The number of pyridine rings is 1. The van der Waals surface area contributed by atoms with E-state index >= 15 is 0 Å². The number of hydrogen-bond donors (Lipinski definition) is 2. The van der Waals surface area contributed by atoms with Gasteiger partial charge in [0.15, 0.2) is 0 Å². The molecule has 1 atom stereocenters. The zero-order chi connectivity index (χ0) is 15.6. The van der Waals surface area contributed by atoms with E-state index in [-0.39, 0.29) is 0 Å². The van der Waals surface area contributed by atoms with E-state index in [1.165, 1.54) is 46.2 Å². The van der Waals surface area contributed by atoms with Crippen LogP contribution in [-0.2, 0) is 0 Å². The van der Waals surface area contributed by atoms with E-state index in [0.717, 1.165) is 13.1 Å². The van der Waals surface area contributed by atoms with E-state index in [1.807, 2.05) is 24.2 Å². The lowest BCUT2D eigenvalue weighted by molar-refractivity contribution is 0.479. The Balaban J connectivity index is 1.74. The summed E-state index contributed by atoms with van der Waals surface area (Å²) in [6.07, 6.45) is 6.24. The maximum absolute atomic E-state index is 4.34. The van der Waals surface area contributed by atoms with Crippen molar-refractivity contribution in [3.8, 4) is 0 Å². The molecule has 0 saturated carbocycles. The Bertz CT molecular complexity index is 734. The lowest BCUT2D eigenvalue weighted by Gasteiger charge is -2.26. The maximum atomic E-state index is 4.34. The molecule has 4 rings (SSSR count). The molecule has 2 aliphatic rings. The van der Waals surface area contributed by atoms with Gasteiger partial charge in [0.1, 0.15) is 0 Å². The van der Waals surface area contributed by atoms with Crippen molar-refractivity contribution >= 4 is 33.8 Å². The predicted octanol–water partition coefficient (Wildman–Crippen LogP) is 4.12. The summed E-state index contributed by atoms with van der Waals surface area (Å²) < 4.78 is 0. The fraction of sp³-hybridized carbons (Fsp3) is 0.421. The highest BCUT2D eigenvalue weighted by molar-refractivity contribution is 8.02. The summed E-state index contributed by atoms with van der Waals surface area (Å²) in [5.74, 6) is 1.83. The van der Waals surface area contributed by atoms with Crippen molar-refractivity contribution < 1.29 is 0 Å². The molecular weight excluding hydrogens is 302 g/mol. The molecule has 1 aromatic heterocycles. The molecule has 1 unspecified atom stereocenters. The van der Waals surface area contributed by atoms with Crippen molar-refractivity contribution in [3.63, 3.8) is 0 Å². The van der Waals surface area contributed by atoms with Gasteiger partial charge >= 0.3 is 0 Å². The van der Waals surface area contributed by atoms with Crippen LogP contribution in [0.15, 0.2) is 36.0 Å². The monoisotopic (exact) mass is 325 g/mol. The Morgan fingerprint density at radius 2 is 2.13 bits per heavy atom. The molecule has 2 N–H and O–H groups in total. The molecule has 1 saturated heterocycles. The maximum Gasteiger partial charge on any atom is 0.0443 e. The van der Waals surface area contributed by atoms with Crippen molar-refractivity contribution in [2.75, 3.05) is 24.2 Å². The van der Waals surface area contributed by atoms with Crippen molar-refractivity contribution in [1.29, 1.82) is 0 Å². The van der Waals surface area contributed by atoms with Crippen molar-refractivity contribution in [2.45, 2.75) is 25.8 Å². The van der Waals surface area contributed by atoms with Crippen LogP contribution >= 0.6 is 11.8 Å². The van der Waals surface area contributed by atoms with E-state index in [9.17, 15) is 0 Å². The quantitative estimate of drug-likeness (QED) is 0.890. The number of piperidine rings is 1. The van der Waals surface area contributed by atoms with Crippen LogP contribution in [0.5, 0.6) is 0 Å². The van der Waals surface area contributed by atoms with Gasteiger partial charge in [0.2, 0.25) is 0 Å². The lowest BCUT2D eigenvalue weighted by Crippen LogP contribution is -2.35. The first-order valence-corrected chi connectivity index (χ1v) is 9.53. The number of thioether (sulfide) groups is 1. The second-order valence-corrected chi connectivity index (χ2v) is 7.50. The Kier molecular flexibility index (Phi) is 4.27. The fourth-order valence-electron chi connectivity index (χ4n) is 3.51. The average molecular weight is 325 g/mol. The van der Waals surface area contributed by atoms with Gasteiger partial charge in [-0.25, -0.2) is 0 Å². The Hall–Kier alpha value is -1.52. The predicted molar refractivity (Wildman–Crippen MR) is 101 cm³/mol. The fourth-order valence-corrected chi connectivity index (χ4v) is 4.62. The number of allylic oxidation sites excluding steroid dienone is 1. The molecule has 2 aromatic rings. The molecule has 1 aromatic carbocycles. The molecule has 3 nitrogen and oxygen atoms in total. The number of anilines is 1. The summed E-state index contributed by atoms with van der Waals surface area (Å²) in [5.41, 5.74) is 4.07. The van der Waals surface area contributed by atoms with Crippen LogP contribution in [-0.4, -0.2) is 29.9 Å². The number of rotatable bonds is 3. The lowest BCUT2D eigenvalue weighted by atomic mass is 9.94. The highest BCUT2D eigenvalue weighted by Crippen LogP contribution is 2.38. The highest BCUT2D eigenvalue weighted by Gasteiger charge is 2.19. The molecule has 0 amide bonds. The molecule has 0 spiro atoms. The summed E-state index contributed by atoms with van der Waals surface area (Å²) >= 11 is 1.93. The number of nitrogens with one attached hydrogen (secondary N) is 2. The van der Waals surface area contributed by atoms with Gasteiger partial charge in [-0.05, 0) is 72.0 Å². The van der Waals surface area contributed by atoms with E-state index in [1.54, 1.807) is 0 Å². The molecule has 3 heterocycles. The third-order valence-corrected chi connectivity index (χ3v) is 5.99. The van der Waals surface area contributed by atoms with Crippen molar-refractivity contribution in [1.82, 2.24) is 10.3 Å². The largest absolute Gasteiger partial charge is 0.382 e. The van der Waals surface area contributed by atoms with E-state index in [0.29, 0.717) is 12.0 Å². The van der Waals surface area contributed by atoms with Crippen LogP contribution in [0.25, 0.3) is 16.3 Å². The van der Waals surface area contributed by atoms with Crippen molar-refractivity contribution in [3.05, 3.63) is 41.6 Å². The number of nitrogens with zero attached hydrogens (tertiary/aromatic N) is 1. The van der Waals surface area contributed by atoms with Gasteiger partial charge in [-0.1, -0.05) is 6.92 Å². The first-order chi connectivity index (χ1) is 11.3. The normalized spacial score (nSPS) is 22.3. The van der Waals surface area contributed by atoms with Gasteiger partial charge in [0.25, 0.3) is 0 Å². The SMILES string of the molecule is CC1CSC=C1c1cc(NC2CCNCC2)c2cnccc2c1. The summed E-state index contributed by atoms with van der Waals surface area (Å²) in [6, 6.07) is 7.33. The van der Waals surface area contributed by atoms with Crippen LogP contribution < -0.4 is 10.6 Å². The molecule has 0 aliphatic carbocycles. The van der Waals surface area contributed by atoms with Crippen molar-refractivity contribution in [2.24, 2.45) is 5.92 Å². The standard InChI is InChI=1S/C19H23N3S/c1-13-11-23-12-18(13)15-8-14-2-5-21-10-17(14)19(9-15)22-16-3-6-20-7-4-16/h2,5,8-10,12-13,16,20,22H,3-4,6-7,11H2,1H3. The third kappa shape index (κ3) is 3.10. The Labute approximate surface area is 142 Å². The third-order valence-electron chi connectivity index (χ3n) is 4.88. The second-order valence-electron chi connectivity index (χ2n) is 6.60. The summed E-state index contributed by atoms with van der Waals surface area (Å²) in [5, 5.41) is 12.1. The van der Waals surface area contributed by atoms with Crippen LogP contribution in [0.1, 0.15) is 25.3 Å². The molecule has 120 valence electrons. The molecule has 0 radical (unpaired) electrons. The molecule has 4 heteroatoms. The zero-order valence-electron chi connectivity index (χ0n) is 13.5. The summed E-state index contributed by atoms with van der Waals surface area (Å²) in [4.78, 5) is 4.34. The van der Waals surface area contributed by atoms with Crippen LogP contribution in [0.4, 0.5) is 5.69 Å². The Morgan fingerprint density at radius 3 is 2.91 bits per heavy atom. The van der Waals surface area contributed by atoms with E-state index in [4.69, 9.17) is 0 Å². The van der Waals surface area contributed by atoms with Gasteiger partial charge in [-0.15, -0.1) is 11.8 Å². The number of aromatic nitrogens is 1.